The molecule has 0 radical (unpaired) electrons. The predicted octanol–water partition coefficient (Wildman–Crippen LogP) is 3.29. The van der Waals surface area contributed by atoms with Gasteiger partial charge in [0.15, 0.2) is 5.69 Å². The lowest BCUT2D eigenvalue weighted by molar-refractivity contribution is -0.136. The molecule has 1 aromatic heterocycles. The Morgan fingerprint density at radius 1 is 1.31 bits per heavy atom. The summed E-state index contributed by atoms with van der Waals surface area (Å²) >= 11 is 0. The van der Waals surface area contributed by atoms with E-state index in [9.17, 15) is 23.2 Å². The molecule has 0 fully saturated rings. The van der Waals surface area contributed by atoms with E-state index in [0.29, 0.717) is 0 Å². The molecule has 16 heavy (non-hydrogen) atoms. The molecule has 84 valence electrons. The Kier molecular flexibility index (Phi) is 2.11. The summed E-state index contributed by atoms with van der Waals surface area (Å²) in [5.41, 5.74) is -1.71. The van der Waals surface area contributed by atoms with Gasteiger partial charge in [0.25, 0.3) is 0 Å². The number of para-hydroxylation sites is 1. The van der Waals surface area contributed by atoms with Crippen LogP contribution < -0.4 is 0 Å². The summed E-state index contributed by atoms with van der Waals surface area (Å²) in [4.78, 5) is 12.4. The first kappa shape index (κ1) is 10.5. The van der Waals surface area contributed by atoms with Crippen LogP contribution in [0.5, 0.6) is 5.88 Å². The third-order valence-electron chi connectivity index (χ3n) is 2.18. The number of fused-ring (bicyclic) bond motifs is 1. The molecule has 0 saturated carbocycles. The van der Waals surface area contributed by atoms with Crippen molar-refractivity contribution in [1.29, 1.82) is 0 Å². The number of nitrogens with one attached hydrogen (secondary N) is 1. The second-order valence-corrected chi connectivity index (χ2v) is 3.14. The van der Waals surface area contributed by atoms with E-state index in [-0.39, 0.29) is 10.9 Å². The zero-order valence-electron chi connectivity index (χ0n) is 7.67. The highest BCUT2D eigenvalue weighted by Gasteiger charge is 2.34. The number of rotatable bonds is 1. The molecular formula is C9H5F3N2O2. The van der Waals surface area contributed by atoms with Gasteiger partial charge in [-0.15, -0.1) is 4.91 Å². The van der Waals surface area contributed by atoms with Crippen LogP contribution in [0.2, 0.25) is 0 Å². The van der Waals surface area contributed by atoms with Gasteiger partial charge in [-0.2, -0.15) is 13.2 Å². The number of H-pyrrole nitrogens is 1. The van der Waals surface area contributed by atoms with Crippen LogP contribution in [0.4, 0.5) is 18.9 Å². The summed E-state index contributed by atoms with van der Waals surface area (Å²) in [7, 11) is 0. The first-order chi connectivity index (χ1) is 7.45. The fourth-order valence-electron chi connectivity index (χ4n) is 1.52. The average molecular weight is 230 g/mol. The molecule has 2 rings (SSSR count). The highest BCUT2D eigenvalue weighted by molar-refractivity contribution is 5.96. The number of aromatic nitrogens is 1. The molecule has 2 N–H and O–H groups in total. The van der Waals surface area contributed by atoms with Gasteiger partial charge in [0.1, 0.15) is 0 Å². The van der Waals surface area contributed by atoms with Crippen LogP contribution >= 0.6 is 0 Å². The normalized spacial score (nSPS) is 11.9. The van der Waals surface area contributed by atoms with Crippen molar-refractivity contribution in [2.75, 3.05) is 0 Å². The van der Waals surface area contributed by atoms with Gasteiger partial charge in [-0.3, -0.25) is 0 Å². The van der Waals surface area contributed by atoms with E-state index in [2.05, 4.69) is 10.2 Å². The van der Waals surface area contributed by atoms with E-state index in [1.807, 2.05) is 0 Å². The molecule has 0 spiro atoms. The van der Waals surface area contributed by atoms with E-state index in [1.54, 1.807) is 0 Å². The first-order valence-electron chi connectivity index (χ1n) is 4.19. The largest absolute Gasteiger partial charge is 0.493 e. The monoisotopic (exact) mass is 230 g/mol. The van der Waals surface area contributed by atoms with Crippen LogP contribution in [0.3, 0.4) is 0 Å². The SMILES string of the molecule is O=Nc1c(O)[nH]c2c(C(F)(F)F)cccc12. The van der Waals surface area contributed by atoms with Crippen molar-refractivity contribution < 1.29 is 18.3 Å². The van der Waals surface area contributed by atoms with Crippen LogP contribution in [-0.2, 0) is 6.18 Å². The molecule has 0 aliphatic rings. The zero-order valence-corrected chi connectivity index (χ0v) is 7.67. The minimum Gasteiger partial charge on any atom is -0.493 e. The van der Waals surface area contributed by atoms with Crippen molar-refractivity contribution in [3.8, 4) is 5.88 Å². The maximum absolute atomic E-state index is 12.6. The lowest BCUT2D eigenvalue weighted by Crippen LogP contribution is -2.05. The molecule has 0 bridgehead atoms. The molecule has 0 atom stereocenters. The summed E-state index contributed by atoms with van der Waals surface area (Å²) in [5, 5.41) is 11.6. The Morgan fingerprint density at radius 3 is 2.56 bits per heavy atom. The number of alkyl halides is 3. The second kappa shape index (κ2) is 3.22. The maximum atomic E-state index is 12.6. The molecule has 0 unspecified atom stereocenters. The minimum absolute atomic E-state index is 0.0534. The maximum Gasteiger partial charge on any atom is 0.418 e. The molecule has 4 nitrogen and oxygen atoms in total. The molecule has 0 aliphatic heterocycles. The first-order valence-corrected chi connectivity index (χ1v) is 4.19. The summed E-state index contributed by atoms with van der Waals surface area (Å²) in [5.74, 6) is -0.665. The van der Waals surface area contributed by atoms with E-state index in [1.165, 1.54) is 6.07 Å². The highest BCUT2D eigenvalue weighted by atomic mass is 19.4. The van der Waals surface area contributed by atoms with Gasteiger partial charge in [-0.1, -0.05) is 12.1 Å². The zero-order chi connectivity index (χ0) is 11.9. The van der Waals surface area contributed by atoms with E-state index < -0.39 is 23.3 Å². The number of benzene rings is 1. The van der Waals surface area contributed by atoms with Gasteiger partial charge in [0, 0.05) is 5.39 Å². The topological polar surface area (TPSA) is 65.4 Å². The third kappa shape index (κ3) is 1.40. The van der Waals surface area contributed by atoms with Gasteiger partial charge in [-0.25, -0.2) is 0 Å². The number of aromatic amines is 1. The van der Waals surface area contributed by atoms with Gasteiger partial charge < -0.3 is 10.1 Å². The Labute approximate surface area is 86.7 Å². The molecule has 7 heteroatoms. The number of hydrogen-bond acceptors (Lipinski definition) is 3. The molecule has 1 heterocycles. The Morgan fingerprint density at radius 2 is 2.00 bits per heavy atom. The quantitative estimate of drug-likeness (QED) is 0.738. The highest BCUT2D eigenvalue weighted by Crippen LogP contribution is 2.41. The average Bonchev–Trinajstić information content (AvgIpc) is 2.50. The molecule has 0 saturated heterocycles. The van der Waals surface area contributed by atoms with Gasteiger partial charge in [-0.05, 0) is 11.2 Å². The van der Waals surface area contributed by atoms with Gasteiger partial charge in [0.2, 0.25) is 5.88 Å². The Bertz CT molecular complexity index is 560. The van der Waals surface area contributed by atoms with Crippen molar-refractivity contribution in [3.63, 3.8) is 0 Å². The summed E-state index contributed by atoms with van der Waals surface area (Å²) < 4.78 is 37.7. The summed E-state index contributed by atoms with van der Waals surface area (Å²) in [6.07, 6.45) is -4.56. The van der Waals surface area contributed by atoms with Crippen molar-refractivity contribution in [3.05, 3.63) is 28.7 Å². The van der Waals surface area contributed by atoms with Gasteiger partial charge in [0.05, 0.1) is 11.1 Å². The fourth-order valence-corrected chi connectivity index (χ4v) is 1.52. The van der Waals surface area contributed by atoms with Gasteiger partial charge >= 0.3 is 6.18 Å². The smallest absolute Gasteiger partial charge is 0.418 e. The number of aromatic hydroxyl groups is 1. The van der Waals surface area contributed by atoms with E-state index in [4.69, 9.17) is 0 Å². The van der Waals surface area contributed by atoms with E-state index in [0.717, 1.165) is 12.1 Å². The summed E-state index contributed by atoms with van der Waals surface area (Å²) in [6.45, 7) is 0. The predicted molar refractivity (Wildman–Crippen MR) is 50.4 cm³/mol. The summed E-state index contributed by atoms with van der Waals surface area (Å²) in [6, 6.07) is 3.28. The van der Waals surface area contributed by atoms with Crippen molar-refractivity contribution >= 4 is 16.6 Å². The molecule has 0 amide bonds. The van der Waals surface area contributed by atoms with Crippen molar-refractivity contribution in [2.45, 2.75) is 6.18 Å². The third-order valence-corrected chi connectivity index (χ3v) is 2.18. The van der Waals surface area contributed by atoms with Crippen LogP contribution in [0.15, 0.2) is 23.4 Å². The molecule has 0 aliphatic carbocycles. The lowest BCUT2D eigenvalue weighted by Gasteiger charge is -2.06. The minimum atomic E-state index is -4.56. The van der Waals surface area contributed by atoms with Crippen LogP contribution in [0, 0.1) is 4.91 Å². The Hall–Kier alpha value is -2.05. The fraction of sp³-hybridized carbons (Fsp3) is 0.111. The molecule has 2 aromatic rings. The number of nitroso groups, excluding NO2 is 1. The number of halogens is 3. The van der Waals surface area contributed by atoms with Crippen molar-refractivity contribution in [1.82, 2.24) is 4.98 Å². The molecule has 1 aromatic carbocycles. The number of nitrogens with zero attached hydrogens (tertiary/aromatic N) is 1. The van der Waals surface area contributed by atoms with Crippen molar-refractivity contribution in [2.24, 2.45) is 5.18 Å². The lowest BCUT2D eigenvalue weighted by atomic mass is 10.1. The van der Waals surface area contributed by atoms with Crippen LogP contribution in [-0.4, -0.2) is 10.1 Å². The Balaban J connectivity index is 2.85. The number of hydrogen-bond donors (Lipinski definition) is 2. The standard InChI is InChI=1S/C9H5F3N2O2/c10-9(11,12)5-3-1-2-4-6(5)13-8(15)7(4)14-16/h1-3,13,15H. The van der Waals surface area contributed by atoms with E-state index >= 15 is 0 Å². The van der Waals surface area contributed by atoms with Crippen LogP contribution in [0.1, 0.15) is 5.56 Å². The second-order valence-electron chi connectivity index (χ2n) is 3.14. The molecular weight excluding hydrogens is 225 g/mol. The van der Waals surface area contributed by atoms with Crippen LogP contribution in [0.25, 0.3) is 10.9 Å².